The highest BCUT2D eigenvalue weighted by Gasteiger charge is 2.33. The van der Waals surface area contributed by atoms with E-state index in [-0.39, 0.29) is 11.9 Å². The van der Waals surface area contributed by atoms with Crippen LogP contribution in [0.15, 0.2) is 24.3 Å². The first-order valence-electron chi connectivity index (χ1n) is 5.90. The molecule has 0 aliphatic heterocycles. The molecule has 0 radical (unpaired) electrons. The molecular weight excluding hydrogens is 233 g/mol. The lowest BCUT2D eigenvalue weighted by atomic mass is 9.83. The van der Waals surface area contributed by atoms with Crippen LogP contribution in [0.3, 0.4) is 0 Å². The summed E-state index contributed by atoms with van der Waals surface area (Å²) in [6, 6.07) is 6.26. The van der Waals surface area contributed by atoms with Gasteiger partial charge >= 0.3 is 5.97 Å². The first kappa shape index (κ1) is 14.6. The van der Waals surface area contributed by atoms with Crippen LogP contribution in [-0.2, 0) is 4.79 Å². The predicted octanol–water partition coefficient (Wildman–Crippen LogP) is 2.93. The molecule has 1 atom stereocenters. The summed E-state index contributed by atoms with van der Waals surface area (Å²) in [5.74, 6) is -1.16. The molecule has 1 rings (SSSR count). The van der Waals surface area contributed by atoms with Gasteiger partial charge in [-0.1, -0.05) is 18.2 Å². The van der Waals surface area contributed by atoms with Crippen LogP contribution in [0.2, 0.25) is 0 Å². The van der Waals surface area contributed by atoms with E-state index in [4.69, 9.17) is 0 Å². The molecule has 0 fully saturated rings. The molecule has 3 nitrogen and oxygen atoms in total. The van der Waals surface area contributed by atoms with Crippen LogP contribution in [0, 0.1) is 11.2 Å². The highest BCUT2D eigenvalue weighted by Crippen LogP contribution is 2.34. The van der Waals surface area contributed by atoms with Gasteiger partial charge in [0.2, 0.25) is 0 Å². The van der Waals surface area contributed by atoms with Crippen LogP contribution in [0.25, 0.3) is 0 Å². The van der Waals surface area contributed by atoms with Crippen LogP contribution >= 0.6 is 0 Å². The van der Waals surface area contributed by atoms with E-state index in [1.807, 2.05) is 19.0 Å². The van der Waals surface area contributed by atoms with Crippen molar-refractivity contribution in [2.75, 3.05) is 14.1 Å². The zero-order chi connectivity index (χ0) is 13.9. The average Bonchev–Trinajstić information content (AvgIpc) is 2.26. The fourth-order valence-corrected chi connectivity index (χ4v) is 1.89. The van der Waals surface area contributed by atoms with Gasteiger partial charge in [0.05, 0.1) is 5.41 Å². The van der Waals surface area contributed by atoms with Crippen molar-refractivity contribution in [3.8, 4) is 0 Å². The summed E-state index contributed by atoms with van der Waals surface area (Å²) in [5.41, 5.74) is -0.353. The summed E-state index contributed by atoms with van der Waals surface area (Å²) in [4.78, 5) is 13.0. The molecule has 0 aromatic heterocycles. The number of rotatable bonds is 5. The Bertz CT molecular complexity index is 430. The van der Waals surface area contributed by atoms with Gasteiger partial charge in [-0.25, -0.2) is 4.39 Å². The van der Waals surface area contributed by atoms with Gasteiger partial charge in [0.15, 0.2) is 0 Å². The number of benzene rings is 1. The molecule has 100 valence electrons. The molecular formula is C14H20FNO2. The number of hydrogen-bond acceptors (Lipinski definition) is 2. The Balaban J connectivity index is 3.06. The third-order valence-electron chi connectivity index (χ3n) is 3.17. The van der Waals surface area contributed by atoms with Crippen LogP contribution in [0.5, 0.6) is 0 Å². The number of carbonyl (C=O) groups is 1. The summed E-state index contributed by atoms with van der Waals surface area (Å²) >= 11 is 0. The van der Waals surface area contributed by atoms with E-state index in [2.05, 4.69) is 0 Å². The number of halogens is 1. The Morgan fingerprint density at radius 3 is 2.39 bits per heavy atom. The van der Waals surface area contributed by atoms with Crippen molar-refractivity contribution in [1.82, 2.24) is 4.90 Å². The van der Waals surface area contributed by atoms with Crippen LogP contribution in [0.4, 0.5) is 4.39 Å². The highest BCUT2D eigenvalue weighted by molar-refractivity contribution is 5.73. The maximum Gasteiger partial charge on any atom is 0.309 e. The molecule has 0 saturated carbocycles. The molecule has 1 aromatic carbocycles. The van der Waals surface area contributed by atoms with Gasteiger partial charge < -0.3 is 10.0 Å². The summed E-state index contributed by atoms with van der Waals surface area (Å²) in [6.45, 7) is 3.32. The average molecular weight is 253 g/mol. The van der Waals surface area contributed by atoms with E-state index in [0.717, 1.165) is 0 Å². The molecule has 1 unspecified atom stereocenters. The van der Waals surface area contributed by atoms with Crippen LogP contribution in [0.1, 0.15) is 31.9 Å². The van der Waals surface area contributed by atoms with Gasteiger partial charge in [-0.05, 0) is 40.4 Å². The first-order chi connectivity index (χ1) is 8.25. The molecule has 18 heavy (non-hydrogen) atoms. The fraction of sp³-hybridized carbons (Fsp3) is 0.500. The van der Waals surface area contributed by atoms with E-state index < -0.39 is 11.4 Å². The standard InChI is InChI=1S/C14H20FNO2/c1-14(2,13(17)18)9-12(16(3)4)10-7-5-6-8-11(10)15/h5-8,12H,9H2,1-4H3,(H,17,18). The number of nitrogens with zero attached hydrogens (tertiary/aromatic N) is 1. The molecule has 1 N–H and O–H groups in total. The van der Waals surface area contributed by atoms with Crippen molar-refractivity contribution < 1.29 is 14.3 Å². The summed E-state index contributed by atoms with van der Waals surface area (Å²) in [5, 5.41) is 9.18. The lowest BCUT2D eigenvalue weighted by Gasteiger charge is -2.31. The van der Waals surface area contributed by atoms with Crippen LogP contribution < -0.4 is 0 Å². The SMILES string of the molecule is CN(C)C(CC(C)(C)C(=O)O)c1ccccc1F. The second kappa shape index (κ2) is 5.48. The molecule has 0 heterocycles. The largest absolute Gasteiger partial charge is 0.481 e. The molecule has 0 spiro atoms. The Morgan fingerprint density at radius 2 is 1.94 bits per heavy atom. The topological polar surface area (TPSA) is 40.5 Å². The summed E-state index contributed by atoms with van der Waals surface area (Å²) in [6.07, 6.45) is 0.357. The summed E-state index contributed by atoms with van der Waals surface area (Å²) < 4.78 is 13.8. The molecule has 0 aliphatic carbocycles. The van der Waals surface area contributed by atoms with Crippen molar-refractivity contribution in [3.63, 3.8) is 0 Å². The van der Waals surface area contributed by atoms with E-state index >= 15 is 0 Å². The van der Waals surface area contributed by atoms with E-state index in [1.54, 1.807) is 32.0 Å². The Kier molecular flexibility index (Phi) is 4.46. The van der Waals surface area contributed by atoms with Gasteiger partial charge in [0, 0.05) is 11.6 Å². The van der Waals surface area contributed by atoms with Crippen molar-refractivity contribution in [3.05, 3.63) is 35.6 Å². The quantitative estimate of drug-likeness (QED) is 0.877. The van der Waals surface area contributed by atoms with Gasteiger partial charge in [-0.3, -0.25) is 4.79 Å². The fourth-order valence-electron chi connectivity index (χ4n) is 1.89. The second-order valence-corrected chi connectivity index (χ2v) is 5.39. The van der Waals surface area contributed by atoms with Gasteiger partial charge in [-0.15, -0.1) is 0 Å². The Morgan fingerprint density at radius 1 is 1.39 bits per heavy atom. The second-order valence-electron chi connectivity index (χ2n) is 5.39. The Hall–Kier alpha value is -1.42. The van der Waals surface area contributed by atoms with Crippen molar-refractivity contribution >= 4 is 5.97 Å². The molecule has 4 heteroatoms. The third-order valence-corrected chi connectivity index (χ3v) is 3.17. The molecule has 1 aromatic rings. The lowest BCUT2D eigenvalue weighted by Crippen LogP contribution is -2.31. The summed E-state index contributed by atoms with van der Waals surface area (Å²) in [7, 11) is 3.66. The number of hydrogen-bond donors (Lipinski definition) is 1. The maximum absolute atomic E-state index is 13.8. The monoisotopic (exact) mass is 253 g/mol. The number of aliphatic carboxylic acids is 1. The molecule has 0 saturated heterocycles. The van der Waals surface area contributed by atoms with Gasteiger partial charge in [0.25, 0.3) is 0 Å². The predicted molar refractivity (Wildman–Crippen MR) is 68.9 cm³/mol. The molecule has 0 bridgehead atoms. The zero-order valence-electron chi connectivity index (χ0n) is 11.3. The van der Waals surface area contributed by atoms with Crippen LogP contribution in [-0.4, -0.2) is 30.1 Å². The number of carboxylic acids is 1. The lowest BCUT2D eigenvalue weighted by molar-refractivity contribution is -0.148. The van der Waals surface area contributed by atoms with Gasteiger partial charge in [-0.2, -0.15) is 0 Å². The minimum Gasteiger partial charge on any atom is -0.481 e. The maximum atomic E-state index is 13.8. The zero-order valence-corrected chi connectivity index (χ0v) is 11.3. The first-order valence-corrected chi connectivity index (χ1v) is 5.90. The normalized spacial score (nSPS) is 13.7. The number of carboxylic acid groups (broad SMARTS) is 1. The van der Waals surface area contributed by atoms with E-state index in [0.29, 0.717) is 12.0 Å². The smallest absolute Gasteiger partial charge is 0.309 e. The molecule has 0 aliphatic rings. The Labute approximate surface area is 107 Å². The van der Waals surface area contributed by atoms with Crippen molar-refractivity contribution in [2.24, 2.45) is 5.41 Å². The van der Waals surface area contributed by atoms with E-state index in [1.165, 1.54) is 6.07 Å². The minimum atomic E-state index is -0.892. The third kappa shape index (κ3) is 3.29. The minimum absolute atomic E-state index is 0.253. The highest BCUT2D eigenvalue weighted by atomic mass is 19.1. The molecule has 0 amide bonds. The van der Waals surface area contributed by atoms with Gasteiger partial charge in [0.1, 0.15) is 5.82 Å². The van der Waals surface area contributed by atoms with Crippen molar-refractivity contribution in [2.45, 2.75) is 26.3 Å². The van der Waals surface area contributed by atoms with Crippen molar-refractivity contribution in [1.29, 1.82) is 0 Å². The van der Waals surface area contributed by atoms with E-state index in [9.17, 15) is 14.3 Å².